The molecule has 4 heteroatoms. The highest BCUT2D eigenvalue weighted by Gasteiger charge is 2.25. The maximum atomic E-state index is 13.5. The Kier molecular flexibility index (Phi) is 4.90. The molecule has 1 heterocycles. The van der Waals surface area contributed by atoms with E-state index in [-0.39, 0.29) is 12.0 Å². The normalized spacial score (nSPS) is 15.2. The molecule has 0 bridgehead atoms. The third kappa shape index (κ3) is 3.86. The number of hydrogen-bond acceptors (Lipinski definition) is 3. The summed E-state index contributed by atoms with van der Waals surface area (Å²) in [6.07, 6.45) is 0.175. The van der Waals surface area contributed by atoms with Crippen molar-refractivity contribution in [3.8, 4) is 5.75 Å². The SMILES string of the molecule is Cc1c(OCC2CO2)cccc1C(=O)N(c1ccccc1)c1ccccc1. The molecule has 1 saturated heterocycles. The number of carbonyl (C=O) groups excluding carboxylic acids is 1. The number of amides is 1. The van der Waals surface area contributed by atoms with Gasteiger partial charge in [-0.15, -0.1) is 0 Å². The van der Waals surface area contributed by atoms with Crippen LogP contribution in [0.3, 0.4) is 0 Å². The standard InChI is InChI=1S/C23H21NO3/c1-17-21(13-8-14-22(17)27-16-20-15-26-20)23(25)24(18-9-4-2-5-10-18)19-11-6-3-7-12-19/h2-14,20H,15-16H2,1H3. The Balaban J connectivity index is 1.70. The van der Waals surface area contributed by atoms with Crippen LogP contribution in [0, 0.1) is 6.92 Å². The number of nitrogens with zero attached hydrogens (tertiary/aromatic N) is 1. The van der Waals surface area contributed by atoms with Crippen molar-refractivity contribution in [1.82, 2.24) is 0 Å². The quantitative estimate of drug-likeness (QED) is 0.597. The van der Waals surface area contributed by atoms with Gasteiger partial charge in [-0.3, -0.25) is 9.69 Å². The van der Waals surface area contributed by atoms with Gasteiger partial charge in [0.15, 0.2) is 0 Å². The highest BCUT2D eigenvalue weighted by atomic mass is 16.6. The number of ether oxygens (including phenoxy) is 2. The van der Waals surface area contributed by atoms with E-state index in [4.69, 9.17) is 9.47 Å². The van der Waals surface area contributed by atoms with Crippen LogP contribution in [0.4, 0.5) is 11.4 Å². The molecule has 136 valence electrons. The summed E-state index contributed by atoms with van der Waals surface area (Å²) in [5.41, 5.74) is 3.11. The van der Waals surface area contributed by atoms with Crippen LogP contribution in [0.15, 0.2) is 78.9 Å². The summed E-state index contributed by atoms with van der Waals surface area (Å²) in [6.45, 7) is 3.18. The lowest BCUT2D eigenvalue weighted by Gasteiger charge is -2.24. The number of epoxide rings is 1. The molecule has 0 aromatic heterocycles. The Morgan fingerprint density at radius 1 is 0.963 bits per heavy atom. The predicted molar refractivity (Wildman–Crippen MR) is 106 cm³/mol. The maximum Gasteiger partial charge on any atom is 0.263 e. The van der Waals surface area contributed by atoms with E-state index >= 15 is 0 Å². The monoisotopic (exact) mass is 359 g/mol. The number of benzene rings is 3. The smallest absolute Gasteiger partial charge is 0.263 e. The second-order valence-corrected chi connectivity index (χ2v) is 6.51. The lowest BCUT2D eigenvalue weighted by Crippen LogP contribution is -2.26. The first-order chi connectivity index (χ1) is 13.2. The summed E-state index contributed by atoms with van der Waals surface area (Å²) in [6, 6.07) is 24.9. The fourth-order valence-electron chi connectivity index (χ4n) is 3.01. The summed E-state index contributed by atoms with van der Waals surface area (Å²) in [7, 11) is 0. The van der Waals surface area contributed by atoms with Crippen molar-refractivity contribution >= 4 is 17.3 Å². The topological polar surface area (TPSA) is 42.1 Å². The van der Waals surface area contributed by atoms with E-state index in [9.17, 15) is 4.79 Å². The van der Waals surface area contributed by atoms with Crippen LogP contribution in [0.1, 0.15) is 15.9 Å². The lowest BCUT2D eigenvalue weighted by molar-refractivity contribution is 0.0998. The zero-order chi connectivity index (χ0) is 18.6. The van der Waals surface area contributed by atoms with Gasteiger partial charge in [0.25, 0.3) is 5.91 Å². The molecule has 0 aliphatic carbocycles. The van der Waals surface area contributed by atoms with Crippen LogP contribution in [0.2, 0.25) is 0 Å². The predicted octanol–water partition coefficient (Wildman–Crippen LogP) is 4.75. The molecule has 4 nitrogen and oxygen atoms in total. The summed E-state index contributed by atoms with van der Waals surface area (Å²) < 4.78 is 11.0. The molecule has 1 aliphatic heterocycles. The molecule has 0 spiro atoms. The van der Waals surface area contributed by atoms with Crippen LogP contribution in [-0.2, 0) is 4.74 Å². The molecule has 1 unspecified atom stereocenters. The van der Waals surface area contributed by atoms with Gasteiger partial charge in [-0.2, -0.15) is 0 Å². The number of rotatable bonds is 6. The molecule has 1 fully saturated rings. The second kappa shape index (κ2) is 7.64. The molecule has 0 saturated carbocycles. The molecule has 4 rings (SSSR count). The third-order valence-corrected chi connectivity index (χ3v) is 4.57. The van der Waals surface area contributed by atoms with Gasteiger partial charge in [-0.05, 0) is 43.3 Å². The van der Waals surface area contributed by atoms with Crippen molar-refractivity contribution in [1.29, 1.82) is 0 Å². The van der Waals surface area contributed by atoms with Crippen LogP contribution < -0.4 is 9.64 Å². The van der Waals surface area contributed by atoms with Crippen LogP contribution in [0.5, 0.6) is 5.75 Å². The zero-order valence-corrected chi connectivity index (χ0v) is 15.2. The van der Waals surface area contributed by atoms with Crippen molar-refractivity contribution in [2.75, 3.05) is 18.1 Å². The molecule has 1 amide bonds. The van der Waals surface area contributed by atoms with Gasteiger partial charge in [-0.25, -0.2) is 0 Å². The summed E-state index contributed by atoms with van der Waals surface area (Å²) >= 11 is 0. The summed E-state index contributed by atoms with van der Waals surface area (Å²) in [5.74, 6) is 0.635. The fourth-order valence-corrected chi connectivity index (χ4v) is 3.01. The van der Waals surface area contributed by atoms with E-state index in [2.05, 4.69) is 0 Å². The first-order valence-electron chi connectivity index (χ1n) is 9.02. The van der Waals surface area contributed by atoms with Gasteiger partial charge in [0.05, 0.1) is 6.61 Å². The van der Waals surface area contributed by atoms with Crippen molar-refractivity contribution in [2.24, 2.45) is 0 Å². The first kappa shape index (κ1) is 17.3. The number of hydrogen-bond donors (Lipinski definition) is 0. The Hall–Kier alpha value is -3.11. The molecular weight excluding hydrogens is 338 g/mol. The van der Waals surface area contributed by atoms with E-state index < -0.39 is 0 Å². The molecule has 27 heavy (non-hydrogen) atoms. The molecule has 1 atom stereocenters. The van der Waals surface area contributed by atoms with E-state index in [0.717, 1.165) is 29.3 Å². The molecule has 0 N–H and O–H groups in total. The second-order valence-electron chi connectivity index (χ2n) is 6.51. The van der Waals surface area contributed by atoms with Crippen molar-refractivity contribution in [2.45, 2.75) is 13.0 Å². The highest BCUT2D eigenvalue weighted by molar-refractivity contribution is 6.11. The maximum absolute atomic E-state index is 13.5. The summed E-state index contributed by atoms with van der Waals surface area (Å²) in [4.78, 5) is 15.2. The van der Waals surface area contributed by atoms with Gasteiger partial charge in [0.2, 0.25) is 0 Å². The Morgan fingerprint density at radius 2 is 1.56 bits per heavy atom. The Bertz CT molecular complexity index is 881. The van der Waals surface area contributed by atoms with Gasteiger partial charge >= 0.3 is 0 Å². The van der Waals surface area contributed by atoms with Crippen LogP contribution in [-0.4, -0.2) is 25.2 Å². The molecule has 1 aliphatic rings. The first-order valence-corrected chi connectivity index (χ1v) is 9.02. The van der Waals surface area contributed by atoms with Gasteiger partial charge in [0, 0.05) is 22.5 Å². The van der Waals surface area contributed by atoms with Gasteiger partial charge < -0.3 is 9.47 Å². The van der Waals surface area contributed by atoms with Crippen LogP contribution >= 0.6 is 0 Å². The van der Waals surface area contributed by atoms with Crippen molar-refractivity contribution in [3.63, 3.8) is 0 Å². The van der Waals surface area contributed by atoms with E-state index in [0.29, 0.717) is 12.2 Å². The third-order valence-electron chi connectivity index (χ3n) is 4.57. The molecular formula is C23H21NO3. The molecule has 3 aromatic rings. The van der Waals surface area contributed by atoms with Gasteiger partial charge in [-0.1, -0.05) is 42.5 Å². The van der Waals surface area contributed by atoms with E-state index in [1.807, 2.05) is 85.8 Å². The van der Waals surface area contributed by atoms with E-state index in [1.54, 1.807) is 4.90 Å². The summed E-state index contributed by atoms with van der Waals surface area (Å²) in [5, 5.41) is 0. The average Bonchev–Trinajstić information content (AvgIpc) is 3.53. The number of carbonyl (C=O) groups is 1. The molecule has 0 radical (unpaired) electrons. The van der Waals surface area contributed by atoms with Crippen molar-refractivity contribution in [3.05, 3.63) is 90.0 Å². The van der Waals surface area contributed by atoms with Crippen LogP contribution in [0.25, 0.3) is 0 Å². The average molecular weight is 359 g/mol. The Labute approximate surface area is 159 Å². The van der Waals surface area contributed by atoms with E-state index in [1.165, 1.54) is 0 Å². The number of anilines is 2. The molecule has 3 aromatic carbocycles. The van der Waals surface area contributed by atoms with Gasteiger partial charge in [0.1, 0.15) is 18.5 Å². The number of para-hydroxylation sites is 2. The zero-order valence-electron chi connectivity index (χ0n) is 15.2. The minimum atomic E-state index is -0.0852. The highest BCUT2D eigenvalue weighted by Crippen LogP contribution is 2.30. The lowest BCUT2D eigenvalue weighted by atomic mass is 10.1. The largest absolute Gasteiger partial charge is 0.490 e. The Morgan fingerprint density at radius 3 is 2.11 bits per heavy atom. The minimum absolute atomic E-state index is 0.0852. The minimum Gasteiger partial charge on any atom is -0.490 e. The fraction of sp³-hybridized carbons (Fsp3) is 0.174. The van der Waals surface area contributed by atoms with Crippen molar-refractivity contribution < 1.29 is 14.3 Å².